The molecule has 1 N–H and O–H groups in total. The minimum Gasteiger partial charge on any atom is -0.465 e. The molecule has 2 heterocycles. The molecule has 9 heteroatoms. The van der Waals surface area contributed by atoms with Crippen molar-refractivity contribution >= 4 is 29.9 Å². The molecular formula is C18H20N4O5. The first-order valence-electron chi connectivity index (χ1n) is 8.57. The van der Waals surface area contributed by atoms with Crippen molar-refractivity contribution in [2.24, 2.45) is 16.0 Å². The van der Waals surface area contributed by atoms with Crippen molar-refractivity contribution in [3.63, 3.8) is 0 Å². The number of ketones is 1. The summed E-state index contributed by atoms with van der Waals surface area (Å²) in [6, 6.07) is 6.33. The number of methoxy groups -OCH3 is 1. The van der Waals surface area contributed by atoms with Gasteiger partial charge in [-0.05, 0) is 18.1 Å². The lowest BCUT2D eigenvalue weighted by molar-refractivity contribution is -0.163. The van der Waals surface area contributed by atoms with Gasteiger partial charge in [0.1, 0.15) is 6.04 Å². The highest BCUT2D eigenvalue weighted by atomic mass is 16.5. The molecule has 2 unspecified atom stereocenters. The van der Waals surface area contributed by atoms with E-state index >= 15 is 0 Å². The molecule has 9 nitrogen and oxygen atoms in total. The summed E-state index contributed by atoms with van der Waals surface area (Å²) >= 11 is 0. The average Bonchev–Trinajstić information content (AvgIpc) is 3.22. The predicted octanol–water partition coefficient (Wildman–Crippen LogP) is 0.258. The second-order valence-corrected chi connectivity index (χ2v) is 5.88. The van der Waals surface area contributed by atoms with Gasteiger partial charge in [-0.3, -0.25) is 9.59 Å². The maximum absolute atomic E-state index is 12.7. The van der Waals surface area contributed by atoms with Crippen LogP contribution in [0, 0.1) is 5.92 Å². The Morgan fingerprint density at radius 3 is 2.78 bits per heavy atom. The van der Waals surface area contributed by atoms with E-state index in [1.165, 1.54) is 5.01 Å². The summed E-state index contributed by atoms with van der Waals surface area (Å²) < 4.78 is 9.65. The SMILES string of the molecule is CCOC(=O)C(C(=O)C(=O)OC)C1c2ccccc2C=NN1C1=NCCN1. The van der Waals surface area contributed by atoms with Gasteiger partial charge in [0, 0.05) is 6.54 Å². The number of rotatable bonds is 5. The van der Waals surface area contributed by atoms with Gasteiger partial charge >= 0.3 is 11.9 Å². The molecule has 3 rings (SSSR count). The van der Waals surface area contributed by atoms with Crippen LogP contribution in [0.1, 0.15) is 24.1 Å². The van der Waals surface area contributed by atoms with E-state index in [4.69, 9.17) is 4.74 Å². The molecule has 0 fully saturated rings. The Morgan fingerprint density at radius 2 is 2.11 bits per heavy atom. The molecule has 142 valence electrons. The minimum atomic E-state index is -1.44. The summed E-state index contributed by atoms with van der Waals surface area (Å²) in [5, 5.41) is 8.90. The van der Waals surface area contributed by atoms with Crippen molar-refractivity contribution in [1.82, 2.24) is 10.3 Å². The van der Waals surface area contributed by atoms with Gasteiger partial charge in [-0.25, -0.2) is 14.8 Å². The molecule has 0 aliphatic carbocycles. The number of carbonyl (C=O) groups excluding carboxylic acids is 3. The van der Waals surface area contributed by atoms with E-state index < -0.39 is 29.7 Å². The summed E-state index contributed by atoms with van der Waals surface area (Å²) in [4.78, 5) is 41.7. The number of hydrogen-bond donors (Lipinski definition) is 1. The number of aliphatic imine (C=N–C) groups is 1. The molecule has 0 radical (unpaired) electrons. The molecular weight excluding hydrogens is 352 g/mol. The zero-order valence-electron chi connectivity index (χ0n) is 15.0. The Kier molecular flexibility index (Phi) is 5.49. The topological polar surface area (TPSA) is 110 Å². The number of esters is 2. The van der Waals surface area contributed by atoms with Crippen LogP contribution in [0.25, 0.3) is 0 Å². The number of fused-ring (bicyclic) bond motifs is 1. The lowest BCUT2D eigenvalue weighted by Gasteiger charge is -2.35. The molecule has 2 aliphatic rings. The first-order valence-corrected chi connectivity index (χ1v) is 8.57. The summed E-state index contributed by atoms with van der Waals surface area (Å²) in [7, 11) is 1.09. The molecule has 1 aromatic carbocycles. The summed E-state index contributed by atoms with van der Waals surface area (Å²) in [5.41, 5.74) is 1.41. The molecule has 0 saturated heterocycles. The van der Waals surface area contributed by atoms with Gasteiger partial charge < -0.3 is 14.8 Å². The number of carbonyl (C=O) groups is 3. The number of Topliss-reactive ketones (excluding diaryl/α,β-unsaturated/α-hetero) is 1. The number of nitrogens with one attached hydrogen (secondary N) is 1. The Morgan fingerprint density at radius 1 is 1.33 bits per heavy atom. The predicted molar refractivity (Wildman–Crippen MR) is 96.1 cm³/mol. The van der Waals surface area contributed by atoms with Crippen molar-refractivity contribution in [1.29, 1.82) is 0 Å². The van der Waals surface area contributed by atoms with Gasteiger partial charge in [-0.2, -0.15) is 5.10 Å². The van der Waals surface area contributed by atoms with Crippen molar-refractivity contribution in [3.05, 3.63) is 35.4 Å². The van der Waals surface area contributed by atoms with Gasteiger partial charge in [0.15, 0.2) is 5.92 Å². The van der Waals surface area contributed by atoms with Crippen molar-refractivity contribution in [3.8, 4) is 0 Å². The number of ether oxygens (including phenoxy) is 2. The Hall–Kier alpha value is -3.23. The third-order valence-electron chi connectivity index (χ3n) is 4.30. The van der Waals surface area contributed by atoms with E-state index in [9.17, 15) is 14.4 Å². The van der Waals surface area contributed by atoms with E-state index in [1.54, 1.807) is 25.3 Å². The van der Waals surface area contributed by atoms with Crippen LogP contribution >= 0.6 is 0 Å². The molecule has 0 amide bonds. The number of nitrogens with zero attached hydrogens (tertiary/aromatic N) is 3. The van der Waals surface area contributed by atoms with Crippen molar-refractivity contribution in [2.45, 2.75) is 13.0 Å². The third kappa shape index (κ3) is 3.53. The summed E-state index contributed by atoms with van der Waals surface area (Å²) in [6.45, 7) is 2.86. The molecule has 0 spiro atoms. The Balaban J connectivity index is 2.11. The van der Waals surface area contributed by atoms with Crippen LogP contribution in [-0.4, -0.2) is 61.7 Å². The van der Waals surface area contributed by atoms with Crippen LogP contribution in [0.2, 0.25) is 0 Å². The zero-order valence-corrected chi connectivity index (χ0v) is 15.0. The van der Waals surface area contributed by atoms with Gasteiger partial charge in [-0.1, -0.05) is 24.3 Å². The zero-order chi connectivity index (χ0) is 19.4. The fraction of sp³-hybridized carbons (Fsp3) is 0.389. The molecule has 0 bridgehead atoms. The molecule has 0 aromatic heterocycles. The average molecular weight is 372 g/mol. The first-order chi connectivity index (χ1) is 13.1. The lowest BCUT2D eigenvalue weighted by atomic mass is 9.86. The van der Waals surface area contributed by atoms with Gasteiger partial charge in [0.05, 0.1) is 26.5 Å². The van der Waals surface area contributed by atoms with Gasteiger partial charge in [0.2, 0.25) is 5.96 Å². The lowest BCUT2D eigenvalue weighted by Crippen LogP contribution is -2.48. The number of hydrogen-bond acceptors (Lipinski definition) is 9. The van der Waals surface area contributed by atoms with Crippen LogP contribution in [0.3, 0.4) is 0 Å². The first kappa shape index (κ1) is 18.6. The van der Waals surface area contributed by atoms with Crippen molar-refractivity contribution in [2.75, 3.05) is 26.8 Å². The fourth-order valence-corrected chi connectivity index (χ4v) is 3.11. The minimum absolute atomic E-state index is 0.0701. The monoisotopic (exact) mass is 372 g/mol. The van der Waals surface area contributed by atoms with Crippen LogP contribution in [0.15, 0.2) is 34.4 Å². The third-order valence-corrected chi connectivity index (χ3v) is 4.30. The standard InChI is InChI=1S/C18H20N4O5/c1-3-27-16(24)13(15(23)17(25)26-2)14-12-7-5-4-6-11(12)10-21-22(14)18-19-8-9-20-18/h4-7,10,13-14H,3,8-9H2,1-2H3,(H,19,20). The van der Waals surface area contributed by atoms with Gasteiger partial charge in [0.25, 0.3) is 5.78 Å². The van der Waals surface area contributed by atoms with E-state index in [0.29, 0.717) is 24.6 Å². The molecule has 1 aromatic rings. The maximum atomic E-state index is 12.7. The second-order valence-electron chi connectivity index (χ2n) is 5.88. The van der Waals surface area contributed by atoms with E-state index in [0.717, 1.165) is 12.7 Å². The highest BCUT2D eigenvalue weighted by Gasteiger charge is 2.46. The van der Waals surface area contributed by atoms with E-state index in [-0.39, 0.29) is 6.61 Å². The quantitative estimate of drug-likeness (QED) is 0.448. The van der Waals surface area contributed by atoms with Crippen LogP contribution in [0.4, 0.5) is 0 Å². The number of benzene rings is 1. The van der Waals surface area contributed by atoms with Crippen LogP contribution in [-0.2, 0) is 23.9 Å². The van der Waals surface area contributed by atoms with Crippen LogP contribution in [0.5, 0.6) is 0 Å². The summed E-state index contributed by atoms with van der Waals surface area (Å²) in [5.74, 6) is -3.93. The van der Waals surface area contributed by atoms with E-state index in [2.05, 4.69) is 20.1 Å². The highest BCUT2D eigenvalue weighted by Crippen LogP contribution is 2.36. The van der Waals surface area contributed by atoms with E-state index in [1.807, 2.05) is 12.1 Å². The number of guanidine groups is 1. The van der Waals surface area contributed by atoms with Crippen molar-refractivity contribution < 1.29 is 23.9 Å². The number of hydrazone groups is 1. The molecule has 0 saturated carbocycles. The Labute approximate surface area is 156 Å². The highest BCUT2D eigenvalue weighted by molar-refractivity contribution is 6.38. The molecule has 27 heavy (non-hydrogen) atoms. The summed E-state index contributed by atoms with van der Waals surface area (Å²) in [6.07, 6.45) is 1.62. The van der Waals surface area contributed by atoms with Gasteiger partial charge in [-0.15, -0.1) is 0 Å². The van der Waals surface area contributed by atoms with Crippen LogP contribution < -0.4 is 5.32 Å². The Bertz CT molecular complexity index is 820. The molecule has 2 atom stereocenters. The molecule has 2 aliphatic heterocycles. The largest absolute Gasteiger partial charge is 0.465 e. The fourth-order valence-electron chi connectivity index (χ4n) is 3.11. The second kappa shape index (κ2) is 7.98. The smallest absolute Gasteiger partial charge is 0.375 e. The normalized spacial score (nSPS) is 18.8. The maximum Gasteiger partial charge on any atom is 0.375 e.